The first-order chi connectivity index (χ1) is 11.4. The largest absolute Gasteiger partial charge is 0.300 e. The van der Waals surface area contributed by atoms with Gasteiger partial charge < -0.3 is 4.90 Å². The lowest BCUT2D eigenvalue weighted by Crippen LogP contribution is -2.36. The molecular weight excluding hydrogens is 367 g/mol. The van der Waals surface area contributed by atoms with Crippen molar-refractivity contribution in [1.82, 2.24) is 4.90 Å². The fourth-order valence-electron chi connectivity index (χ4n) is 2.86. The predicted molar refractivity (Wildman–Crippen MR) is 99.2 cm³/mol. The molecule has 2 aromatic rings. The lowest BCUT2D eigenvalue weighted by atomic mass is 10.2. The summed E-state index contributed by atoms with van der Waals surface area (Å²) in [6.45, 7) is 1.77. The van der Waals surface area contributed by atoms with Crippen LogP contribution in [-0.4, -0.2) is 33.5 Å². The molecule has 24 heavy (non-hydrogen) atoms. The standard InChI is InChI=1S/C17H18Cl2N2O2S/c1-20-9-10-21(17-8-3-2-5-13(17)11-20)24(22,23)12-14-15(18)6-4-7-16(14)19/h2-8H,9-12H2,1H3. The molecule has 0 N–H and O–H groups in total. The number of benzene rings is 2. The normalized spacial score (nSPS) is 15.9. The minimum Gasteiger partial charge on any atom is -0.300 e. The molecule has 3 rings (SSSR count). The number of anilines is 1. The van der Waals surface area contributed by atoms with Gasteiger partial charge in [0.15, 0.2) is 0 Å². The highest BCUT2D eigenvalue weighted by molar-refractivity contribution is 7.92. The van der Waals surface area contributed by atoms with Crippen molar-refractivity contribution >= 4 is 38.9 Å². The van der Waals surface area contributed by atoms with E-state index in [-0.39, 0.29) is 5.75 Å². The molecule has 4 nitrogen and oxygen atoms in total. The molecular formula is C17H18Cl2N2O2S. The number of para-hydroxylation sites is 1. The van der Waals surface area contributed by atoms with Crippen LogP contribution in [0.3, 0.4) is 0 Å². The molecule has 2 aromatic carbocycles. The highest BCUT2D eigenvalue weighted by Crippen LogP contribution is 2.31. The molecule has 0 saturated carbocycles. The summed E-state index contributed by atoms with van der Waals surface area (Å²) >= 11 is 12.3. The Labute approximate surface area is 152 Å². The molecule has 0 amide bonds. The summed E-state index contributed by atoms with van der Waals surface area (Å²) in [5.74, 6) is -0.219. The predicted octanol–water partition coefficient (Wildman–Crippen LogP) is 3.78. The highest BCUT2D eigenvalue weighted by atomic mass is 35.5. The number of hydrogen-bond acceptors (Lipinski definition) is 3. The molecule has 0 atom stereocenters. The molecule has 0 radical (unpaired) electrons. The van der Waals surface area contributed by atoms with Crippen LogP contribution in [0.25, 0.3) is 0 Å². The van der Waals surface area contributed by atoms with Gasteiger partial charge in [-0.3, -0.25) is 4.31 Å². The summed E-state index contributed by atoms with van der Waals surface area (Å²) < 4.78 is 27.6. The van der Waals surface area contributed by atoms with Gasteiger partial charge in [-0.25, -0.2) is 8.42 Å². The maximum absolute atomic E-state index is 13.1. The molecule has 7 heteroatoms. The molecule has 0 fully saturated rings. The van der Waals surface area contributed by atoms with E-state index in [4.69, 9.17) is 23.2 Å². The van der Waals surface area contributed by atoms with Gasteiger partial charge in [0.25, 0.3) is 0 Å². The third kappa shape index (κ3) is 3.54. The quantitative estimate of drug-likeness (QED) is 0.808. The molecule has 0 spiro atoms. The monoisotopic (exact) mass is 384 g/mol. The lowest BCUT2D eigenvalue weighted by Gasteiger charge is -2.24. The Hall–Kier alpha value is -1.27. The fourth-order valence-corrected chi connectivity index (χ4v) is 5.22. The van der Waals surface area contributed by atoms with Gasteiger partial charge in [0.2, 0.25) is 10.0 Å². The van der Waals surface area contributed by atoms with E-state index >= 15 is 0 Å². The number of fused-ring (bicyclic) bond motifs is 1. The van der Waals surface area contributed by atoms with Crippen molar-refractivity contribution in [3.05, 3.63) is 63.6 Å². The summed E-state index contributed by atoms with van der Waals surface area (Å²) in [6.07, 6.45) is 0. The van der Waals surface area contributed by atoms with Crippen LogP contribution in [0.4, 0.5) is 5.69 Å². The second-order valence-corrected chi connectivity index (χ2v) is 8.60. The Balaban J connectivity index is 2.01. The summed E-state index contributed by atoms with van der Waals surface area (Å²) in [7, 11) is -1.62. The number of hydrogen-bond donors (Lipinski definition) is 0. The molecule has 0 saturated heterocycles. The van der Waals surface area contributed by atoms with Crippen LogP contribution in [0.2, 0.25) is 10.0 Å². The zero-order valence-electron chi connectivity index (χ0n) is 13.2. The molecule has 1 aliphatic heterocycles. The Bertz CT molecular complexity index is 835. The lowest BCUT2D eigenvalue weighted by molar-refractivity contribution is 0.344. The van der Waals surface area contributed by atoms with Crippen molar-refractivity contribution in [3.63, 3.8) is 0 Å². The minimum atomic E-state index is -3.60. The summed E-state index contributed by atoms with van der Waals surface area (Å²) in [5, 5.41) is 0.734. The molecule has 128 valence electrons. The number of sulfonamides is 1. The summed E-state index contributed by atoms with van der Waals surface area (Å²) in [4.78, 5) is 2.11. The van der Waals surface area contributed by atoms with Gasteiger partial charge in [-0.05, 0) is 30.8 Å². The van der Waals surface area contributed by atoms with Crippen LogP contribution in [0.5, 0.6) is 0 Å². The smallest absolute Gasteiger partial charge is 0.239 e. The Morgan fingerprint density at radius 2 is 1.67 bits per heavy atom. The van der Waals surface area contributed by atoms with Crippen molar-refractivity contribution in [2.75, 3.05) is 24.4 Å². The Kier molecular flexibility index (Phi) is 5.06. The zero-order chi connectivity index (χ0) is 17.3. The van der Waals surface area contributed by atoms with E-state index in [2.05, 4.69) is 4.90 Å². The van der Waals surface area contributed by atoms with E-state index in [0.717, 1.165) is 17.8 Å². The SMILES string of the molecule is CN1CCN(S(=O)(=O)Cc2c(Cl)cccc2Cl)c2ccccc2C1. The minimum absolute atomic E-state index is 0.219. The van der Waals surface area contributed by atoms with Crippen LogP contribution in [0, 0.1) is 0 Å². The molecule has 1 heterocycles. The van der Waals surface area contributed by atoms with Gasteiger partial charge in [0, 0.05) is 35.2 Å². The van der Waals surface area contributed by atoms with Crippen molar-refractivity contribution in [3.8, 4) is 0 Å². The molecule has 0 unspecified atom stereocenters. The topological polar surface area (TPSA) is 40.6 Å². The van der Waals surface area contributed by atoms with Crippen LogP contribution < -0.4 is 4.31 Å². The van der Waals surface area contributed by atoms with Crippen molar-refractivity contribution in [2.24, 2.45) is 0 Å². The highest BCUT2D eigenvalue weighted by Gasteiger charge is 2.28. The van der Waals surface area contributed by atoms with Crippen molar-refractivity contribution in [1.29, 1.82) is 0 Å². The van der Waals surface area contributed by atoms with E-state index < -0.39 is 10.0 Å². The van der Waals surface area contributed by atoms with E-state index in [1.165, 1.54) is 4.31 Å². The van der Waals surface area contributed by atoms with Gasteiger partial charge in [-0.15, -0.1) is 0 Å². The first kappa shape index (κ1) is 17.5. The second-order valence-electron chi connectivity index (χ2n) is 5.90. The Morgan fingerprint density at radius 3 is 2.38 bits per heavy atom. The zero-order valence-corrected chi connectivity index (χ0v) is 15.6. The number of likely N-dealkylation sites (N-methyl/N-ethyl adjacent to an activating group) is 1. The number of rotatable bonds is 3. The van der Waals surface area contributed by atoms with E-state index in [1.807, 2.05) is 31.3 Å². The average molecular weight is 385 g/mol. The summed E-state index contributed by atoms with van der Waals surface area (Å²) in [6, 6.07) is 12.6. The maximum atomic E-state index is 13.1. The average Bonchev–Trinajstić information content (AvgIpc) is 2.69. The van der Waals surface area contributed by atoms with Gasteiger partial charge in [0.05, 0.1) is 11.4 Å². The molecule has 1 aliphatic rings. The van der Waals surface area contributed by atoms with E-state index in [1.54, 1.807) is 18.2 Å². The third-order valence-electron chi connectivity index (χ3n) is 4.11. The van der Waals surface area contributed by atoms with Crippen LogP contribution in [0.15, 0.2) is 42.5 Å². The summed E-state index contributed by atoms with van der Waals surface area (Å²) in [5.41, 5.74) is 2.16. The van der Waals surface area contributed by atoms with E-state index in [9.17, 15) is 8.42 Å². The second kappa shape index (κ2) is 6.92. The van der Waals surface area contributed by atoms with Crippen molar-refractivity contribution < 1.29 is 8.42 Å². The van der Waals surface area contributed by atoms with Crippen LogP contribution >= 0.6 is 23.2 Å². The van der Waals surface area contributed by atoms with Crippen LogP contribution in [-0.2, 0) is 22.3 Å². The number of halogens is 2. The van der Waals surface area contributed by atoms with E-state index in [0.29, 0.717) is 28.7 Å². The van der Waals surface area contributed by atoms with Crippen LogP contribution in [0.1, 0.15) is 11.1 Å². The fraction of sp³-hybridized carbons (Fsp3) is 0.294. The third-order valence-corrected chi connectivity index (χ3v) is 6.52. The van der Waals surface area contributed by atoms with Gasteiger partial charge >= 0.3 is 0 Å². The van der Waals surface area contributed by atoms with Crippen molar-refractivity contribution in [2.45, 2.75) is 12.3 Å². The van der Waals surface area contributed by atoms with Gasteiger partial charge in [-0.1, -0.05) is 47.5 Å². The Morgan fingerprint density at radius 1 is 1.00 bits per heavy atom. The molecule has 0 aromatic heterocycles. The molecule has 0 bridgehead atoms. The molecule has 0 aliphatic carbocycles. The van der Waals surface area contributed by atoms with Gasteiger partial charge in [0.1, 0.15) is 0 Å². The maximum Gasteiger partial charge on any atom is 0.239 e. The number of nitrogens with zero attached hydrogens (tertiary/aromatic N) is 2. The first-order valence-electron chi connectivity index (χ1n) is 7.58. The van der Waals surface area contributed by atoms with Gasteiger partial charge in [-0.2, -0.15) is 0 Å². The first-order valence-corrected chi connectivity index (χ1v) is 9.95.